The summed E-state index contributed by atoms with van der Waals surface area (Å²) in [5.74, 6) is -2.47. The smallest absolute Gasteiger partial charge is 0.347 e. The summed E-state index contributed by atoms with van der Waals surface area (Å²) in [6.45, 7) is 6.94. The molecule has 0 bridgehead atoms. The fourth-order valence-corrected chi connectivity index (χ4v) is 2.10. The van der Waals surface area contributed by atoms with Crippen LogP contribution in [-0.4, -0.2) is 47.1 Å². The molecule has 1 unspecified atom stereocenters. The van der Waals surface area contributed by atoms with E-state index in [-0.39, 0.29) is 13.0 Å². The number of ether oxygens (including phenoxy) is 3. The molecule has 2 aliphatic rings. The van der Waals surface area contributed by atoms with Gasteiger partial charge in [0.15, 0.2) is 11.9 Å². The summed E-state index contributed by atoms with van der Waals surface area (Å²) in [6.07, 6.45) is -0.671. The zero-order valence-electron chi connectivity index (χ0n) is 10.3. The van der Waals surface area contributed by atoms with Crippen LogP contribution in [0.15, 0.2) is 12.7 Å². The third-order valence-electron chi connectivity index (χ3n) is 3.05. The average molecular weight is 256 g/mol. The molecule has 2 saturated heterocycles. The zero-order chi connectivity index (χ0) is 13.6. The molecule has 18 heavy (non-hydrogen) atoms. The van der Waals surface area contributed by atoms with Gasteiger partial charge in [0.05, 0.1) is 6.61 Å². The molecule has 2 fully saturated rings. The van der Waals surface area contributed by atoms with Crippen molar-refractivity contribution in [3.05, 3.63) is 12.7 Å². The Hall–Kier alpha value is -1.24. The molecule has 0 aliphatic carbocycles. The second-order valence-corrected chi connectivity index (χ2v) is 4.91. The largest absolute Gasteiger partial charge is 0.449 e. The van der Waals surface area contributed by atoms with Crippen LogP contribution in [0.1, 0.15) is 20.3 Å². The van der Waals surface area contributed by atoms with Gasteiger partial charge in [0.25, 0.3) is 0 Å². The number of carbonyl (C=O) groups excluding carboxylic acids is 2. The van der Waals surface area contributed by atoms with E-state index in [1.54, 1.807) is 13.8 Å². The summed E-state index contributed by atoms with van der Waals surface area (Å²) in [5.41, 5.74) is -2.14. The first kappa shape index (κ1) is 13.2. The summed E-state index contributed by atoms with van der Waals surface area (Å²) < 4.78 is 15.7. The lowest BCUT2D eigenvalue weighted by Crippen LogP contribution is -2.45. The Bertz CT molecular complexity index is 401. The van der Waals surface area contributed by atoms with Gasteiger partial charge in [0.2, 0.25) is 11.4 Å². The van der Waals surface area contributed by atoms with Crippen LogP contribution in [0, 0.1) is 0 Å². The number of aliphatic hydroxyl groups is 1. The van der Waals surface area contributed by atoms with Crippen molar-refractivity contribution in [1.82, 2.24) is 0 Å². The maximum atomic E-state index is 12.0. The van der Waals surface area contributed by atoms with E-state index in [2.05, 4.69) is 6.58 Å². The molecule has 3 atom stereocenters. The third kappa shape index (κ3) is 1.96. The van der Waals surface area contributed by atoms with Crippen LogP contribution in [0.2, 0.25) is 0 Å². The van der Waals surface area contributed by atoms with Crippen LogP contribution >= 0.6 is 0 Å². The summed E-state index contributed by atoms with van der Waals surface area (Å²) in [5, 5.41) is 10.00. The molecule has 0 aromatic carbocycles. The average Bonchev–Trinajstić information content (AvgIpc) is 2.73. The second kappa shape index (κ2) is 4.15. The maximum absolute atomic E-state index is 12.0. The summed E-state index contributed by atoms with van der Waals surface area (Å²) >= 11 is 0. The Labute approximate surface area is 105 Å². The molecular weight excluding hydrogens is 240 g/mol. The van der Waals surface area contributed by atoms with Gasteiger partial charge >= 0.3 is 5.97 Å². The highest BCUT2D eigenvalue weighted by molar-refractivity contribution is 6.14. The molecule has 0 amide bonds. The summed E-state index contributed by atoms with van der Waals surface area (Å²) in [7, 11) is 0. The van der Waals surface area contributed by atoms with Crippen LogP contribution < -0.4 is 0 Å². The van der Waals surface area contributed by atoms with Gasteiger partial charge in [-0.3, -0.25) is 4.79 Å². The molecule has 6 heteroatoms. The molecule has 100 valence electrons. The van der Waals surface area contributed by atoms with Gasteiger partial charge in [-0.2, -0.15) is 0 Å². The van der Waals surface area contributed by atoms with Crippen molar-refractivity contribution in [2.75, 3.05) is 6.61 Å². The van der Waals surface area contributed by atoms with Gasteiger partial charge in [-0.1, -0.05) is 6.08 Å². The molecule has 6 nitrogen and oxygen atoms in total. The number of ketones is 1. The van der Waals surface area contributed by atoms with Crippen LogP contribution in [0.3, 0.4) is 0 Å². The molecular formula is C12H16O6. The van der Waals surface area contributed by atoms with Gasteiger partial charge < -0.3 is 19.3 Å². The maximum Gasteiger partial charge on any atom is 0.347 e. The monoisotopic (exact) mass is 256 g/mol. The van der Waals surface area contributed by atoms with Gasteiger partial charge in [-0.15, -0.1) is 6.58 Å². The van der Waals surface area contributed by atoms with Crippen molar-refractivity contribution >= 4 is 11.8 Å². The minimum absolute atomic E-state index is 0.140. The molecule has 1 N–H and O–H groups in total. The Morgan fingerprint density at radius 1 is 1.50 bits per heavy atom. The van der Waals surface area contributed by atoms with Gasteiger partial charge in [-0.25, -0.2) is 4.79 Å². The van der Waals surface area contributed by atoms with E-state index >= 15 is 0 Å². The third-order valence-corrected chi connectivity index (χ3v) is 3.05. The molecule has 2 heterocycles. The van der Waals surface area contributed by atoms with E-state index in [1.165, 1.54) is 6.08 Å². The van der Waals surface area contributed by atoms with Crippen LogP contribution in [-0.2, 0) is 23.8 Å². The van der Waals surface area contributed by atoms with Crippen LogP contribution in [0.4, 0.5) is 0 Å². The van der Waals surface area contributed by atoms with Crippen molar-refractivity contribution in [2.24, 2.45) is 0 Å². The first-order valence-electron chi connectivity index (χ1n) is 5.70. The number of hydrogen-bond donors (Lipinski definition) is 1. The van der Waals surface area contributed by atoms with E-state index in [0.29, 0.717) is 0 Å². The molecule has 0 aromatic rings. The zero-order valence-corrected chi connectivity index (χ0v) is 10.3. The van der Waals surface area contributed by atoms with Crippen molar-refractivity contribution in [1.29, 1.82) is 0 Å². The molecule has 2 rings (SSSR count). The SMILES string of the molecule is C=CCC1(O)C(=O)O[C@H]([C@@H]2COC(C)(C)O2)C1=O. The van der Waals surface area contributed by atoms with Crippen LogP contribution in [0.5, 0.6) is 0 Å². The highest BCUT2D eigenvalue weighted by atomic mass is 16.8. The van der Waals surface area contributed by atoms with Crippen molar-refractivity contribution < 1.29 is 28.9 Å². The first-order valence-corrected chi connectivity index (χ1v) is 5.70. The topological polar surface area (TPSA) is 82.1 Å². The number of esters is 1. The highest BCUT2D eigenvalue weighted by Crippen LogP contribution is 2.33. The van der Waals surface area contributed by atoms with Crippen molar-refractivity contribution in [3.63, 3.8) is 0 Å². The fourth-order valence-electron chi connectivity index (χ4n) is 2.10. The summed E-state index contributed by atoms with van der Waals surface area (Å²) in [4.78, 5) is 23.6. The molecule has 0 aromatic heterocycles. The van der Waals surface area contributed by atoms with Crippen LogP contribution in [0.25, 0.3) is 0 Å². The Morgan fingerprint density at radius 3 is 2.67 bits per heavy atom. The highest BCUT2D eigenvalue weighted by Gasteiger charge is 2.59. The van der Waals surface area contributed by atoms with E-state index in [4.69, 9.17) is 14.2 Å². The van der Waals surface area contributed by atoms with Gasteiger partial charge in [0.1, 0.15) is 6.10 Å². The normalized spacial score (nSPS) is 38.8. The minimum Gasteiger partial charge on any atom is -0.449 e. The Balaban J connectivity index is 2.16. The second-order valence-electron chi connectivity index (χ2n) is 4.91. The lowest BCUT2D eigenvalue weighted by molar-refractivity contribution is -0.166. The standard InChI is InChI=1S/C12H16O6/c1-4-5-12(15)9(13)8(17-10(12)14)7-6-16-11(2,3)18-7/h4,7-8,15H,1,5-6H2,2-3H3/t7-,8+,12?/m0/s1. The Kier molecular flexibility index (Phi) is 3.04. The molecule has 2 aliphatic heterocycles. The van der Waals surface area contributed by atoms with E-state index in [0.717, 1.165) is 0 Å². The number of cyclic esters (lactones) is 1. The van der Waals surface area contributed by atoms with E-state index in [9.17, 15) is 14.7 Å². The Morgan fingerprint density at radius 2 is 2.17 bits per heavy atom. The predicted octanol–water partition coefficient (Wildman–Crippen LogP) is -0.0604. The molecule has 0 spiro atoms. The summed E-state index contributed by atoms with van der Waals surface area (Å²) in [6, 6.07) is 0. The lowest BCUT2D eigenvalue weighted by atomic mass is 9.92. The van der Waals surface area contributed by atoms with Gasteiger partial charge in [0, 0.05) is 6.42 Å². The van der Waals surface area contributed by atoms with Crippen molar-refractivity contribution in [3.8, 4) is 0 Å². The van der Waals surface area contributed by atoms with Crippen molar-refractivity contribution in [2.45, 2.75) is 43.9 Å². The number of carbonyl (C=O) groups is 2. The molecule has 0 saturated carbocycles. The van der Waals surface area contributed by atoms with Gasteiger partial charge in [-0.05, 0) is 13.8 Å². The van der Waals surface area contributed by atoms with E-state index in [1.807, 2.05) is 0 Å². The number of hydrogen-bond acceptors (Lipinski definition) is 6. The molecule has 0 radical (unpaired) electrons. The predicted molar refractivity (Wildman–Crippen MR) is 59.6 cm³/mol. The number of Topliss-reactive ketones (excluding diaryl/α,β-unsaturated/α-hetero) is 1. The first-order chi connectivity index (χ1) is 8.30. The fraction of sp³-hybridized carbons (Fsp3) is 0.667. The minimum atomic E-state index is -2.14. The lowest BCUT2D eigenvalue weighted by Gasteiger charge is -2.19. The van der Waals surface area contributed by atoms with E-state index < -0.39 is 35.3 Å². The number of rotatable bonds is 3. The quantitative estimate of drug-likeness (QED) is 0.433.